The molecule has 40 heavy (non-hydrogen) atoms. The maximum Gasteiger partial charge on any atom is 0.162 e. The number of hydrogen-bond acceptors (Lipinski definition) is 4. The van der Waals surface area contributed by atoms with Crippen molar-refractivity contribution in [3.05, 3.63) is 117 Å². The van der Waals surface area contributed by atoms with Gasteiger partial charge in [-0.25, -0.2) is 0 Å². The minimum Gasteiger partial charge on any atom is -0.357 e. The maximum absolute atomic E-state index is 13.5. The summed E-state index contributed by atoms with van der Waals surface area (Å²) in [5, 5.41) is 7.42. The Balaban J connectivity index is 1.47. The SMILES string of the molecule is Cc1ccc(C2C=C(C3=CC(c4ccc(C)cc4)C4=C(CC(C)(C)CC4=O)N3)NC3=C2C(=O)CC(C)(C)C3)cc1. The fourth-order valence-electron chi connectivity index (χ4n) is 6.91. The maximum atomic E-state index is 13.5. The Hall–Kier alpha value is -3.66. The molecule has 0 fully saturated rings. The Morgan fingerprint density at radius 1 is 0.575 bits per heavy atom. The Morgan fingerprint density at radius 3 is 1.27 bits per heavy atom. The molecule has 4 nitrogen and oxygen atoms in total. The second kappa shape index (κ2) is 9.47. The van der Waals surface area contributed by atoms with Crippen LogP contribution >= 0.6 is 0 Å². The fourth-order valence-corrected chi connectivity index (χ4v) is 6.91. The normalized spacial score (nSPS) is 25.4. The van der Waals surface area contributed by atoms with Crippen LogP contribution in [-0.2, 0) is 9.59 Å². The lowest BCUT2D eigenvalue weighted by Crippen LogP contribution is -2.40. The summed E-state index contributed by atoms with van der Waals surface area (Å²) in [5.74, 6) is 0.228. The van der Waals surface area contributed by atoms with E-state index in [0.717, 1.165) is 57.9 Å². The van der Waals surface area contributed by atoms with E-state index in [9.17, 15) is 9.59 Å². The number of carbonyl (C=O) groups excluding carboxylic acids is 2. The number of benzene rings is 2. The number of aryl methyl sites for hydroxylation is 2. The molecule has 4 aliphatic rings. The Labute approximate surface area is 238 Å². The van der Waals surface area contributed by atoms with Gasteiger partial charge in [-0.2, -0.15) is 0 Å². The molecule has 4 heteroatoms. The lowest BCUT2D eigenvalue weighted by molar-refractivity contribution is -0.119. The average molecular weight is 533 g/mol. The van der Waals surface area contributed by atoms with E-state index in [0.29, 0.717) is 12.8 Å². The van der Waals surface area contributed by atoms with Crippen LogP contribution in [0.4, 0.5) is 0 Å². The first kappa shape index (κ1) is 26.6. The summed E-state index contributed by atoms with van der Waals surface area (Å²) in [4.78, 5) is 27.1. The van der Waals surface area contributed by atoms with Gasteiger partial charge in [0.1, 0.15) is 0 Å². The molecule has 0 bridgehead atoms. The molecule has 6 rings (SSSR count). The van der Waals surface area contributed by atoms with Crippen molar-refractivity contribution in [1.82, 2.24) is 10.6 Å². The van der Waals surface area contributed by atoms with E-state index in [1.54, 1.807) is 0 Å². The highest BCUT2D eigenvalue weighted by Crippen LogP contribution is 2.47. The van der Waals surface area contributed by atoms with Crippen LogP contribution in [0.5, 0.6) is 0 Å². The smallest absolute Gasteiger partial charge is 0.162 e. The molecule has 2 aliphatic heterocycles. The first-order valence-electron chi connectivity index (χ1n) is 14.5. The molecule has 0 aromatic heterocycles. The number of nitrogens with one attached hydrogen (secondary N) is 2. The van der Waals surface area contributed by atoms with E-state index in [4.69, 9.17) is 0 Å². The molecular formula is C36H40N2O2. The van der Waals surface area contributed by atoms with Crippen LogP contribution in [0.3, 0.4) is 0 Å². The number of allylic oxidation sites excluding steroid dienone is 6. The molecule has 0 radical (unpaired) electrons. The van der Waals surface area contributed by atoms with Gasteiger partial charge in [-0.1, -0.05) is 87.4 Å². The van der Waals surface area contributed by atoms with Gasteiger partial charge in [-0.3, -0.25) is 9.59 Å². The molecule has 2 N–H and O–H groups in total. The van der Waals surface area contributed by atoms with E-state index in [1.807, 2.05) is 0 Å². The topological polar surface area (TPSA) is 58.2 Å². The summed E-state index contributed by atoms with van der Waals surface area (Å²) < 4.78 is 0. The van der Waals surface area contributed by atoms with E-state index in [1.165, 1.54) is 11.1 Å². The zero-order valence-corrected chi connectivity index (χ0v) is 24.6. The summed E-state index contributed by atoms with van der Waals surface area (Å²) in [7, 11) is 0. The summed E-state index contributed by atoms with van der Waals surface area (Å²) >= 11 is 0. The minimum atomic E-state index is -0.115. The van der Waals surface area contributed by atoms with Crippen molar-refractivity contribution in [3.63, 3.8) is 0 Å². The molecule has 0 saturated heterocycles. The Bertz CT molecular complexity index is 1410. The second-order valence-corrected chi connectivity index (χ2v) is 13.9. The van der Waals surface area contributed by atoms with Gasteiger partial charge in [-0.15, -0.1) is 0 Å². The van der Waals surface area contributed by atoms with Crippen LogP contribution in [0.2, 0.25) is 0 Å². The molecule has 0 spiro atoms. The lowest BCUT2D eigenvalue weighted by atomic mass is 9.69. The van der Waals surface area contributed by atoms with Crippen molar-refractivity contribution in [3.8, 4) is 0 Å². The first-order chi connectivity index (χ1) is 18.9. The van der Waals surface area contributed by atoms with E-state index in [-0.39, 0.29) is 34.2 Å². The minimum absolute atomic E-state index is 0.0997. The summed E-state index contributed by atoms with van der Waals surface area (Å²) in [6.45, 7) is 12.9. The van der Waals surface area contributed by atoms with Crippen molar-refractivity contribution in [2.75, 3.05) is 0 Å². The van der Waals surface area contributed by atoms with Crippen LogP contribution < -0.4 is 10.6 Å². The first-order valence-corrected chi connectivity index (χ1v) is 14.5. The third kappa shape index (κ3) is 4.89. The second-order valence-electron chi connectivity index (χ2n) is 13.9. The molecule has 2 aromatic carbocycles. The largest absolute Gasteiger partial charge is 0.357 e. The summed E-state index contributed by atoms with van der Waals surface area (Å²) in [6, 6.07) is 17.1. The van der Waals surface area contributed by atoms with Crippen LogP contribution in [-0.4, -0.2) is 11.6 Å². The lowest BCUT2D eigenvalue weighted by Gasteiger charge is -2.41. The average Bonchev–Trinajstić information content (AvgIpc) is 2.86. The number of hydrogen-bond donors (Lipinski definition) is 2. The molecular weight excluding hydrogens is 492 g/mol. The number of rotatable bonds is 3. The molecule has 0 saturated carbocycles. The predicted octanol–water partition coefficient (Wildman–Crippen LogP) is 7.43. The van der Waals surface area contributed by atoms with Gasteiger partial charge in [0.05, 0.1) is 11.4 Å². The van der Waals surface area contributed by atoms with Crippen molar-refractivity contribution in [2.45, 2.75) is 79.1 Å². The number of carbonyl (C=O) groups is 2. The fraction of sp³-hybridized carbons (Fsp3) is 0.389. The van der Waals surface area contributed by atoms with Gasteiger partial charge in [0.15, 0.2) is 11.6 Å². The van der Waals surface area contributed by atoms with E-state index >= 15 is 0 Å². The third-order valence-electron chi connectivity index (χ3n) is 8.86. The van der Waals surface area contributed by atoms with Crippen molar-refractivity contribution in [2.24, 2.45) is 10.8 Å². The molecule has 2 atom stereocenters. The quantitative estimate of drug-likeness (QED) is 0.432. The summed E-state index contributed by atoms with van der Waals surface area (Å²) in [5.41, 5.74) is 10.3. The van der Waals surface area contributed by atoms with Gasteiger partial charge < -0.3 is 10.6 Å². The molecule has 0 amide bonds. The zero-order valence-electron chi connectivity index (χ0n) is 24.6. The molecule has 2 aromatic rings. The van der Waals surface area contributed by atoms with Crippen molar-refractivity contribution in [1.29, 1.82) is 0 Å². The molecule has 206 valence electrons. The highest BCUT2D eigenvalue weighted by molar-refractivity contribution is 6.01. The van der Waals surface area contributed by atoms with E-state index in [2.05, 4.69) is 113 Å². The van der Waals surface area contributed by atoms with Gasteiger partial charge in [0.25, 0.3) is 0 Å². The number of Topliss-reactive ketones (excluding diaryl/α,β-unsaturated/α-hetero) is 2. The van der Waals surface area contributed by atoms with Crippen LogP contribution in [0, 0.1) is 24.7 Å². The Morgan fingerprint density at radius 2 is 0.925 bits per heavy atom. The summed E-state index contributed by atoms with van der Waals surface area (Å²) in [6.07, 6.45) is 7.19. The molecule has 2 aliphatic carbocycles. The highest BCUT2D eigenvalue weighted by atomic mass is 16.1. The predicted molar refractivity (Wildman–Crippen MR) is 160 cm³/mol. The third-order valence-corrected chi connectivity index (χ3v) is 8.86. The van der Waals surface area contributed by atoms with Gasteiger partial charge >= 0.3 is 0 Å². The number of ketones is 2. The van der Waals surface area contributed by atoms with Gasteiger partial charge in [-0.05, 0) is 60.8 Å². The van der Waals surface area contributed by atoms with Crippen molar-refractivity contribution >= 4 is 11.6 Å². The molecule has 2 unspecified atom stereocenters. The Kier molecular flexibility index (Phi) is 6.29. The monoisotopic (exact) mass is 532 g/mol. The van der Waals surface area contributed by atoms with Gasteiger partial charge in [0, 0.05) is 47.2 Å². The number of dihydropyridines is 2. The van der Waals surface area contributed by atoms with Gasteiger partial charge in [0.2, 0.25) is 0 Å². The zero-order chi connectivity index (χ0) is 28.4. The van der Waals surface area contributed by atoms with Crippen LogP contribution in [0.25, 0.3) is 0 Å². The standard InChI is InChI=1S/C36H40N2O2/c1-21-7-11-23(12-8-21)25-15-27(37-29-17-35(3,4)19-31(39)33(25)29)28-16-26(24-13-9-22(2)10-14-24)34-30(38-28)18-36(5,6)20-32(34)40/h7-16,25-26,37-38H,17-20H2,1-6H3. The highest BCUT2D eigenvalue weighted by Gasteiger charge is 2.42. The van der Waals surface area contributed by atoms with E-state index < -0.39 is 0 Å². The van der Waals surface area contributed by atoms with Crippen LogP contribution in [0.15, 0.2) is 94.6 Å². The van der Waals surface area contributed by atoms with Crippen LogP contribution in [0.1, 0.15) is 87.5 Å². The van der Waals surface area contributed by atoms with Crippen molar-refractivity contribution < 1.29 is 9.59 Å². The molecule has 2 heterocycles.